The molecule has 0 aliphatic rings. The minimum Gasteiger partial charge on any atom is -0.478 e. The second-order valence-electron chi connectivity index (χ2n) is 6.34. The van der Waals surface area contributed by atoms with Crippen LogP contribution < -0.4 is 5.32 Å². The molecule has 0 bridgehead atoms. The van der Waals surface area contributed by atoms with Crippen LogP contribution in [0.2, 0.25) is 0 Å². The second-order valence-corrected chi connectivity index (χ2v) is 8.13. The minimum atomic E-state index is -1.04. The lowest BCUT2D eigenvalue weighted by atomic mass is 10.1. The van der Waals surface area contributed by atoms with Crippen LogP contribution in [0.5, 0.6) is 0 Å². The Bertz CT molecular complexity index is 1150. The molecule has 28 heavy (non-hydrogen) atoms. The van der Waals surface area contributed by atoms with E-state index in [9.17, 15) is 14.7 Å². The Kier molecular flexibility index (Phi) is 5.23. The third-order valence-electron chi connectivity index (χ3n) is 4.49. The highest BCUT2D eigenvalue weighted by atomic mass is 32.1. The molecule has 1 amide bonds. The normalized spacial score (nSPS) is 10.9. The van der Waals surface area contributed by atoms with Gasteiger partial charge in [0.1, 0.15) is 5.56 Å². The number of nitrogens with one attached hydrogen (secondary N) is 1. The number of hydrogen-bond acceptors (Lipinski definition) is 4. The van der Waals surface area contributed by atoms with Crippen LogP contribution in [0.1, 0.15) is 22.3 Å². The van der Waals surface area contributed by atoms with E-state index in [2.05, 4.69) is 5.32 Å². The van der Waals surface area contributed by atoms with Crippen LogP contribution in [0.4, 0.5) is 5.69 Å². The summed E-state index contributed by atoms with van der Waals surface area (Å²) in [5.41, 5.74) is 2.49. The summed E-state index contributed by atoms with van der Waals surface area (Å²) in [5.74, 6) is -1.23. The van der Waals surface area contributed by atoms with Gasteiger partial charge >= 0.3 is 5.97 Å². The Labute approximate surface area is 170 Å². The van der Waals surface area contributed by atoms with Crippen molar-refractivity contribution in [1.82, 2.24) is 0 Å². The molecule has 0 atom stereocenters. The number of fused-ring (bicyclic) bond motifs is 1. The van der Waals surface area contributed by atoms with Gasteiger partial charge in [0.25, 0.3) is 0 Å². The zero-order valence-electron chi connectivity index (χ0n) is 14.8. The average Bonchev–Trinajstić information content (AvgIpc) is 3.31. The Morgan fingerprint density at radius 2 is 1.68 bits per heavy atom. The van der Waals surface area contributed by atoms with Crippen LogP contribution in [0.25, 0.3) is 20.5 Å². The van der Waals surface area contributed by atoms with Crippen molar-refractivity contribution in [2.24, 2.45) is 0 Å². The standard InChI is InChI=1S/C22H17NO3S2/c24-19(11-10-14-6-2-1-3-7-14)23-17-13-28-21(20(17)22(25)26)16-12-27-18-9-5-4-8-15(16)18/h1-9,12-13H,10-11H2,(H,23,24)(H,25,26). The number of carbonyl (C=O) groups is 2. The molecule has 2 aromatic heterocycles. The van der Waals surface area contributed by atoms with E-state index in [1.807, 2.05) is 60.0 Å². The van der Waals surface area contributed by atoms with Crippen molar-refractivity contribution >= 4 is 50.3 Å². The molecule has 4 nitrogen and oxygen atoms in total. The fourth-order valence-electron chi connectivity index (χ4n) is 3.13. The van der Waals surface area contributed by atoms with E-state index in [0.717, 1.165) is 21.2 Å². The first kappa shape index (κ1) is 18.4. The highest BCUT2D eigenvalue weighted by molar-refractivity contribution is 7.19. The lowest BCUT2D eigenvalue weighted by molar-refractivity contribution is -0.116. The summed E-state index contributed by atoms with van der Waals surface area (Å²) in [6.07, 6.45) is 0.914. The van der Waals surface area contributed by atoms with Gasteiger partial charge in [-0.15, -0.1) is 22.7 Å². The van der Waals surface area contributed by atoms with Crippen molar-refractivity contribution in [3.8, 4) is 10.4 Å². The number of thiophene rings is 2. The fourth-order valence-corrected chi connectivity index (χ4v) is 5.18. The van der Waals surface area contributed by atoms with Crippen LogP contribution in [0, 0.1) is 0 Å². The summed E-state index contributed by atoms with van der Waals surface area (Å²) in [4.78, 5) is 25.0. The maximum Gasteiger partial charge on any atom is 0.339 e. The van der Waals surface area contributed by atoms with Gasteiger partial charge in [-0.1, -0.05) is 48.5 Å². The highest BCUT2D eigenvalue weighted by Gasteiger charge is 2.22. The third-order valence-corrected chi connectivity index (χ3v) is 6.46. The summed E-state index contributed by atoms with van der Waals surface area (Å²) < 4.78 is 1.11. The SMILES string of the molecule is O=C(CCc1ccccc1)Nc1csc(-c2csc3ccccc23)c1C(=O)O. The van der Waals surface area contributed by atoms with Crippen molar-refractivity contribution in [3.63, 3.8) is 0 Å². The zero-order valence-corrected chi connectivity index (χ0v) is 16.5. The van der Waals surface area contributed by atoms with Gasteiger partial charge in [0.15, 0.2) is 0 Å². The lowest BCUT2D eigenvalue weighted by Gasteiger charge is -2.06. The molecule has 0 saturated carbocycles. The number of aromatic carboxylic acids is 1. The lowest BCUT2D eigenvalue weighted by Crippen LogP contribution is -2.14. The van der Waals surface area contributed by atoms with E-state index < -0.39 is 5.97 Å². The summed E-state index contributed by atoms with van der Waals surface area (Å²) in [6, 6.07) is 17.7. The number of carboxylic acids is 1. The molecule has 140 valence electrons. The van der Waals surface area contributed by atoms with Gasteiger partial charge in [0.2, 0.25) is 5.91 Å². The van der Waals surface area contributed by atoms with E-state index in [1.165, 1.54) is 11.3 Å². The van der Waals surface area contributed by atoms with E-state index >= 15 is 0 Å². The van der Waals surface area contributed by atoms with E-state index in [-0.39, 0.29) is 11.5 Å². The van der Waals surface area contributed by atoms with Crippen molar-refractivity contribution in [2.45, 2.75) is 12.8 Å². The Balaban J connectivity index is 1.58. The molecule has 0 radical (unpaired) electrons. The number of anilines is 1. The van der Waals surface area contributed by atoms with Gasteiger partial charge in [-0.25, -0.2) is 4.79 Å². The topological polar surface area (TPSA) is 66.4 Å². The predicted octanol–water partition coefficient (Wildman–Crippen LogP) is 5.90. The smallest absolute Gasteiger partial charge is 0.339 e. The summed E-state index contributed by atoms with van der Waals surface area (Å²) in [5, 5.41) is 17.3. The van der Waals surface area contributed by atoms with Crippen LogP contribution in [0.3, 0.4) is 0 Å². The molecule has 0 aliphatic heterocycles. The molecule has 2 aromatic carbocycles. The van der Waals surface area contributed by atoms with Gasteiger partial charge in [-0.2, -0.15) is 0 Å². The second kappa shape index (κ2) is 7.96. The predicted molar refractivity (Wildman–Crippen MR) is 115 cm³/mol. The quantitative estimate of drug-likeness (QED) is 0.418. The number of carboxylic acid groups (broad SMARTS) is 1. The van der Waals surface area contributed by atoms with E-state index in [0.29, 0.717) is 23.4 Å². The van der Waals surface area contributed by atoms with Gasteiger partial charge in [0.05, 0.1) is 10.6 Å². The summed E-state index contributed by atoms with van der Waals surface area (Å²) in [6.45, 7) is 0. The molecule has 6 heteroatoms. The monoisotopic (exact) mass is 407 g/mol. The van der Waals surface area contributed by atoms with Crippen molar-refractivity contribution < 1.29 is 14.7 Å². The first-order chi connectivity index (χ1) is 13.6. The van der Waals surface area contributed by atoms with Gasteiger partial charge in [-0.05, 0) is 18.1 Å². The number of carbonyl (C=O) groups excluding carboxylic acids is 1. The maximum absolute atomic E-state index is 12.4. The number of benzene rings is 2. The first-order valence-corrected chi connectivity index (χ1v) is 10.5. The Morgan fingerprint density at radius 1 is 0.929 bits per heavy atom. The number of amides is 1. The van der Waals surface area contributed by atoms with Crippen molar-refractivity contribution in [1.29, 1.82) is 0 Å². The number of rotatable bonds is 6. The van der Waals surface area contributed by atoms with Crippen LogP contribution in [-0.4, -0.2) is 17.0 Å². The van der Waals surface area contributed by atoms with E-state index in [1.54, 1.807) is 16.7 Å². The average molecular weight is 408 g/mol. The molecule has 0 spiro atoms. The van der Waals surface area contributed by atoms with Crippen LogP contribution >= 0.6 is 22.7 Å². The third kappa shape index (κ3) is 3.69. The van der Waals surface area contributed by atoms with E-state index in [4.69, 9.17) is 0 Å². The van der Waals surface area contributed by atoms with Crippen molar-refractivity contribution in [3.05, 3.63) is 76.5 Å². The molecular weight excluding hydrogens is 390 g/mol. The molecule has 4 rings (SSSR count). The molecular formula is C22H17NO3S2. The maximum atomic E-state index is 12.4. The van der Waals surface area contributed by atoms with Gasteiger partial charge < -0.3 is 10.4 Å². The Hall–Kier alpha value is -2.96. The summed E-state index contributed by atoms with van der Waals surface area (Å²) >= 11 is 2.93. The minimum absolute atomic E-state index is 0.154. The highest BCUT2D eigenvalue weighted by Crippen LogP contribution is 2.41. The largest absolute Gasteiger partial charge is 0.478 e. The van der Waals surface area contributed by atoms with Crippen LogP contribution in [0.15, 0.2) is 65.4 Å². The molecule has 0 saturated heterocycles. The zero-order chi connectivity index (χ0) is 19.5. The number of hydrogen-bond donors (Lipinski definition) is 2. The fraction of sp³-hybridized carbons (Fsp3) is 0.0909. The Morgan fingerprint density at radius 3 is 2.46 bits per heavy atom. The van der Waals surface area contributed by atoms with Crippen LogP contribution in [-0.2, 0) is 11.2 Å². The molecule has 0 unspecified atom stereocenters. The molecule has 2 heterocycles. The molecule has 0 fully saturated rings. The molecule has 4 aromatic rings. The first-order valence-electron chi connectivity index (χ1n) is 8.78. The molecule has 2 N–H and O–H groups in total. The van der Waals surface area contributed by atoms with Gasteiger partial charge in [0, 0.05) is 32.8 Å². The number of aryl methyl sites for hydroxylation is 1. The van der Waals surface area contributed by atoms with Crippen molar-refractivity contribution in [2.75, 3.05) is 5.32 Å². The molecule has 0 aliphatic carbocycles. The summed E-state index contributed by atoms with van der Waals surface area (Å²) in [7, 11) is 0. The van der Waals surface area contributed by atoms with Gasteiger partial charge in [-0.3, -0.25) is 4.79 Å².